The number of aliphatic hydroxyl groups is 1. The van der Waals surface area contributed by atoms with Crippen LogP contribution in [0.4, 0.5) is 5.69 Å². The van der Waals surface area contributed by atoms with Crippen LogP contribution in [-0.4, -0.2) is 41.1 Å². The molecule has 5 rings (SSSR count). The Morgan fingerprint density at radius 3 is 2.46 bits per heavy atom. The summed E-state index contributed by atoms with van der Waals surface area (Å²) in [5.41, 5.74) is 4.10. The van der Waals surface area contributed by atoms with Gasteiger partial charge in [-0.3, -0.25) is 9.69 Å². The van der Waals surface area contributed by atoms with Crippen molar-refractivity contribution in [2.75, 3.05) is 18.4 Å². The maximum absolute atomic E-state index is 12.7. The second-order valence-electron chi connectivity index (χ2n) is 10.5. The van der Waals surface area contributed by atoms with E-state index in [0.29, 0.717) is 17.3 Å². The van der Waals surface area contributed by atoms with Crippen molar-refractivity contribution in [3.8, 4) is 0 Å². The van der Waals surface area contributed by atoms with Crippen LogP contribution in [0.2, 0.25) is 0 Å². The summed E-state index contributed by atoms with van der Waals surface area (Å²) in [4.78, 5) is 15.3. The molecular weight excluding hydrogens is 488 g/mol. The number of hydrogen-bond acceptors (Lipinski definition) is 5. The Kier molecular flexibility index (Phi) is 9.22. The lowest BCUT2D eigenvalue weighted by Crippen LogP contribution is -2.43. The van der Waals surface area contributed by atoms with Crippen LogP contribution in [0.25, 0.3) is 0 Å². The predicted octanol–water partition coefficient (Wildman–Crippen LogP) is 6.41. The summed E-state index contributed by atoms with van der Waals surface area (Å²) in [5, 5.41) is 12.5. The molecule has 3 unspecified atom stereocenters. The minimum Gasteiger partial charge on any atom is -0.392 e. The fourth-order valence-corrected chi connectivity index (χ4v) is 5.66. The molecule has 6 heteroatoms. The van der Waals surface area contributed by atoms with Crippen LogP contribution in [-0.2, 0) is 16.1 Å². The van der Waals surface area contributed by atoms with E-state index in [2.05, 4.69) is 16.8 Å². The third-order valence-corrected chi connectivity index (χ3v) is 7.71. The molecule has 0 aromatic heterocycles. The molecule has 0 bridgehead atoms. The zero-order valence-electron chi connectivity index (χ0n) is 22.4. The van der Waals surface area contributed by atoms with Gasteiger partial charge in [0.1, 0.15) is 0 Å². The first-order valence-electron chi connectivity index (χ1n) is 13.9. The van der Waals surface area contributed by atoms with Crippen LogP contribution >= 0.6 is 0 Å². The number of nitrogens with one attached hydrogen (secondary N) is 1. The van der Waals surface area contributed by atoms with Gasteiger partial charge in [-0.15, -0.1) is 6.58 Å². The Bertz CT molecular complexity index is 1220. The number of amides is 1. The maximum atomic E-state index is 12.7. The number of aliphatic hydroxyl groups excluding tert-OH is 1. The van der Waals surface area contributed by atoms with Crippen molar-refractivity contribution < 1.29 is 19.4 Å². The number of ether oxygens (including phenoxy) is 2. The number of nitrogens with zero attached hydrogens (tertiary/aromatic N) is 1. The minimum absolute atomic E-state index is 0.0135. The maximum Gasteiger partial charge on any atom is 0.255 e. The van der Waals surface area contributed by atoms with Crippen molar-refractivity contribution in [3.63, 3.8) is 0 Å². The normalized spacial score (nSPS) is 21.6. The first kappa shape index (κ1) is 27.3. The number of hydrogen-bond donors (Lipinski definition) is 2. The lowest BCUT2D eigenvalue weighted by Gasteiger charge is -2.39. The van der Waals surface area contributed by atoms with Gasteiger partial charge < -0.3 is 19.9 Å². The van der Waals surface area contributed by atoms with Gasteiger partial charge in [-0.05, 0) is 48.2 Å². The van der Waals surface area contributed by atoms with Gasteiger partial charge in [0, 0.05) is 42.4 Å². The monoisotopic (exact) mass is 526 g/mol. The number of anilines is 1. The van der Waals surface area contributed by atoms with Gasteiger partial charge in [0.05, 0.1) is 18.8 Å². The van der Waals surface area contributed by atoms with Crippen molar-refractivity contribution in [3.05, 3.63) is 114 Å². The third-order valence-electron chi connectivity index (χ3n) is 7.71. The Morgan fingerprint density at radius 2 is 1.74 bits per heavy atom. The second kappa shape index (κ2) is 13.2. The zero-order valence-corrected chi connectivity index (χ0v) is 22.4. The third kappa shape index (κ3) is 7.02. The summed E-state index contributed by atoms with van der Waals surface area (Å²) >= 11 is 0. The lowest BCUT2D eigenvalue weighted by molar-refractivity contribution is -0.253. The van der Waals surface area contributed by atoms with Gasteiger partial charge in [0.2, 0.25) is 0 Å². The summed E-state index contributed by atoms with van der Waals surface area (Å²) in [7, 11) is 0. The van der Waals surface area contributed by atoms with Gasteiger partial charge in [0.15, 0.2) is 6.29 Å². The minimum atomic E-state index is -0.575. The topological polar surface area (TPSA) is 71.0 Å². The summed E-state index contributed by atoms with van der Waals surface area (Å²) in [6, 6.07) is 25.4. The van der Waals surface area contributed by atoms with E-state index in [0.717, 1.165) is 36.2 Å². The standard InChI is InChI=1S/C33H38N2O4/c1-2-19-35(29-13-6-7-14-29)22-30-21-31(25-17-15-24(23-36)16-18-25)39-33(38-30)27-11-8-12-28(20-27)34-32(37)26-9-4-3-5-10-26/h2-5,8-12,15-18,20,29-31,33,36H,1,6-7,13-14,19,21-23H2,(H,34,37). The van der Waals surface area contributed by atoms with E-state index >= 15 is 0 Å². The number of benzene rings is 3. The highest BCUT2D eigenvalue weighted by Gasteiger charge is 2.34. The van der Waals surface area contributed by atoms with Crippen LogP contribution in [0.5, 0.6) is 0 Å². The Labute approximate surface area is 231 Å². The Morgan fingerprint density at radius 1 is 0.974 bits per heavy atom. The molecule has 1 saturated heterocycles. The number of carbonyl (C=O) groups excluding carboxylic acids is 1. The predicted molar refractivity (Wildman–Crippen MR) is 153 cm³/mol. The van der Waals surface area contributed by atoms with Crippen LogP contribution in [0.3, 0.4) is 0 Å². The van der Waals surface area contributed by atoms with Gasteiger partial charge in [-0.2, -0.15) is 0 Å². The summed E-state index contributed by atoms with van der Waals surface area (Å²) < 4.78 is 13.1. The average Bonchev–Trinajstić information content (AvgIpc) is 3.53. The number of rotatable bonds is 10. The van der Waals surface area contributed by atoms with Gasteiger partial charge in [-0.25, -0.2) is 0 Å². The van der Waals surface area contributed by atoms with Crippen molar-refractivity contribution >= 4 is 11.6 Å². The van der Waals surface area contributed by atoms with Crippen LogP contribution in [0.15, 0.2) is 91.5 Å². The molecule has 0 radical (unpaired) electrons. The van der Waals surface area contributed by atoms with Crippen molar-refractivity contribution in [1.82, 2.24) is 4.90 Å². The molecule has 0 spiro atoms. The highest BCUT2D eigenvalue weighted by atomic mass is 16.7. The SMILES string of the molecule is C=CCN(CC1CC(c2ccc(CO)cc2)OC(c2cccc(NC(=O)c3ccccc3)c2)O1)C1CCCC1. The first-order chi connectivity index (χ1) is 19.1. The Balaban J connectivity index is 1.37. The summed E-state index contributed by atoms with van der Waals surface area (Å²) in [6.07, 6.45) is 6.94. The molecule has 39 heavy (non-hydrogen) atoms. The van der Waals surface area contributed by atoms with Gasteiger partial charge in [-0.1, -0.05) is 73.5 Å². The molecule has 1 aliphatic carbocycles. The lowest BCUT2D eigenvalue weighted by atomic mass is 9.99. The molecule has 2 fully saturated rings. The molecule has 1 amide bonds. The van der Waals surface area contributed by atoms with E-state index in [9.17, 15) is 9.90 Å². The van der Waals surface area contributed by atoms with Gasteiger partial charge in [0.25, 0.3) is 5.91 Å². The van der Waals surface area contributed by atoms with Crippen molar-refractivity contribution in [2.24, 2.45) is 0 Å². The fraction of sp³-hybridized carbons (Fsp3) is 0.364. The zero-order chi connectivity index (χ0) is 27.0. The van der Waals surface area contributed by atoms with Crippen molar-refractivity contribution in [1.29, 1.82) is 0 Å². The fourth-order valence-electron chi connectivity index (χ4n) is 5.66. The molecule has 6 nitrogen and oxygen atoms in total. The largest absolute Gasteiger partial charge is 0.392 e. The molecule has 3 atom stereocenters. The summed E-state index contributed by atoms with van der Waals surface area (Å²) in [5.74, 6) is -0.158. The molecule has 204 valence electrons. The Hall–Kier alpha value is -3.29. The molecular formula is C33H38N2O4. The van der Waals surface area contributed by atoms with Crippen LogP contribution in [0.1, 0.15) is 71.5 Å². The molecule has 1 saturated carbocycles. The molecule has 1 heterocycles. The van der Waals surface area contributed by atoms with E-state index in [1.807, 2.05) is 72.8 Å². The highest BCUT2D eigenvalue weighted by molar-refractivity contribution is 6.04. The number of carbonyl (C=O) groups is 1. The van der Waals surface area contributed by atoms with E-state index in [1.54, 1.807) is 12.1 Å². The average molecular weight is 527 g/mol. The smallest absolute Gasteiger partial charge is 0.255 e. The molecule has 3 aromatic carbocycles. The van der Waals surface area contributed by atoms with Crippen LogP contribution < -0.4 is 5.32 Å². The first-order valence-corrected chi connectivity index (χ1v) is 13.9. The molecule has 2 N–H and O–H groups in total. The highest BCUT2D eigenvalue weighted by Crippen LogP contribution is 2.39. The second-order valence-corrected chi connectivity index (χ2v) is 10.5. The molecule has 1 aliphatic heterocycles. The molecule has 2 aliphatic rings. The van der Waals surface area contributed by atoms with E-state index < -0.39 is 6.29 Å². The van der Waals surface area contributed by atoms with Crippen molar-refractivity contribution in [2.45, 2.75) is 63.3 Å². The van der Waals surface area contributed by atoms with Crippen LogP contribution in [0, 0.1) is 0 Å². The summed E-state index contributed by atoms with van der Waals surface area (Å²) in [6.45, 7) is 5.66. The van der Waals surface area contributed by atoms with E-state index in [1.165, 1.54) is 25.7 Å². The molecule has 3 aromatic rings. The van der Waals surface area contributed by atoms with E-state index in [-0.39, 0.29) is 24.7 Å². The van der Waals surface area contributed by atoms with Gasteiger partial charge >= 0.3 is 0 Å². The quantitative estimate of drug-likeness (QED) is 0.299. The van der Waals surface area contributed by atoms with E-state index in [4.69, 9.17) is 9.47 Å².